The van der Waals surface area contributed by atoms with Crippen LogP contribution in [-0.2, 0) is 0 Å². The molecule has 0 aromatic carbocycles. The molecule has 0 bridgehead atoms. The van der Waals surface area contributed by atoms with Gasteiger partial charge in [-0.1, -0.05) is 6.92 Å². The Hall–Kier alpha value is -1.73. The van der Waals surface area contributed by atoms with Gasteiger partial charge in [0, 0.05) is 13.2 Å². The van der Waals surface area contributed by atoms with Crippen molar-refractivity contribution in [2.45, 2.75) is 26.7 Å². The van der Waals surface area contributed by atoms with Gasteiger partial charge in [0.05, 0.1) is 16.6 Å². The maximum atomic E-state index is 12.2. The molecule has 114 valence electrons. The number of amides is 1. The van der Waals surface area contributed by atoms with Crippen molar-refractivity contribution < 1.29 is 9.90 Å². The fourth-order valence-electron chi connectivity index (χ4n) is 2.12. The fraction of sp³-hybridized carbons (Fsp3) is 0.500. The van der Waals surface area contributed by atoms with Crippen molar-refractivity contribution in [3.05, 3.63) is 27.1 Å². The molecule has 1 unspecified atom stereocenters. The minimum atomic E-state index is -0.218. The van der Waals surface area contributed by atoms with Gasteiger partial charge in [0.25, 0.3) is 11.5 Å². The summed E-state index contributed by atoms with van der Waals surface area (Å²) in [7, 11) is 0. The Balaban J connectivity index is 2.05. The number of hydrogen-bond donors (Lipinski definition) is 3. The van der Waals surface area contributed by atoms with Crippen molar-refractivity contribution in [3.63, 3.8) is 0 Å². The molecular formula is C14H19N3O3S. The summed E-state index contributed by atoms with van der Waals surface area (Å²) in [4.78, 5) is 31.7. The highest BCUT2D eigenvalue weighted by atomic mass is 32.1. The second-order valence-electron chi connectivity index (χ2n) is 5.15. The number of hydrogen-bond acceptors (Lipinski definition) is 5. The van der Waals surface area contributed by atoms with E-state index in [0.717, 1.165) is 12.8 Å². The Morgan fingerprint density at radius 2 is 2.33 bits per heavy atom. The summed E-state index contributed by atoms with van der Waals surface area (Å²) in [5, 5.41) is 12.3. The first-order valence-electron chi connectivity index (χ1n) is 6.90. The van der Waals surface area contributed by atoms with E-state index in [1.165, 1.54) is 17.7 Å². The van der Waals surface area contributed by atoms with E-state index < -0.39 is 0 Å². The zero-order valence-electron chi connectivity index (χ0n) is 12.1. The third kappa shape index (κ3) is 3.48. The second kappa shape index (κ2) is 6.82. The largest absolute Gasteiger partial charge is 0.396 e. The van der Waals surface area contributed by atoms with Crippen molar-refractivity contribution in [1.82, 2.24) is 15.3 Å². The SMILES string of the molecule is Cc1c(C(=O)NCCCC(C)CO)sc2nc[nH]c(=O)c12. The first kappa shape index (κ1) is 15.7. The number of nitrogens with one attached hydrogen (secondary N) is 2. The number of aromatic amines is 1. The zero-order valence-corrected chi connectivity index (χ0v) is 12.9. The molecule has 3 N–H and O–H groups in total. The van der Waals surface area contributed by atoms with Crippen molar-refractivity contribution in [2.75, 3.05) is 13.2 Å². The molecule has 0 aliphatic carbocycles. The van der Waals surface area contributed by atoms with Gasteiger partial charge in [-0.25, -0.2) is 4.98 Å². The van der Waals surface area contributed by atoms with Crippen LogP contribution in [0.5, 0.6) is 0 Å². The summed E-state index contributed by atoms with van der Waals surface area (Å²) in [6.07, 6.45) is 3.03. The molecule has 0 saturated carbocycles. The van der Waals surface area contributed by atoms with Crippen LogP contribution in [0.1, 0.15) is 35.0 Å². The van der Waals surface area contributed by atoms with E-state index in [1.54, 1.807) is 6.92 Å². The molecule has 2 rings (SSSR count). The number of thiophene rings is 1. The van der Waals surface area contributed by atoms with E-state index in [4.69, 9.17) is 5.11 Å². The molecule has 0 aliphatic rings. The standard InChI is InChI=1S/C14H19N3O3S/c1-8(6-18)4-3-5-15-13(20)11-9(2)10-12(19)16-7-17-14(10)21-11/h7-8,18H,3-6H2,1-2H3,(H,15,20)(H,16,17,19). The number of carbonyl (C=O) groups excluding carboxylic acids is 1. The van der Waals surface area contributed by atoms with Gasteiger partial charge in [0.2, 0.25) is 0 Å². The molecule has 2 aromatic heterocycles. The van der Waals surface area contributed by atoms with Crippen LogP contribution in [-0.4, -0.2) is 34.1 Å². The molecule has 2 heterocycles. The smallest absolute Gasteiger partial charge is 0.261 e. The summed E-state index contributed by atoms with van der Waals surface area (Å²) < 4.78 is 0. The molecule has 0 fully saturated rings. The van der Waals surface area contributed by atoms with Crippen LogP contribution < -0.4 is 10.9 Å². The average molecular weight is 309 g/mol. The van der Waals surface area contributed by atoms with Crippen molar-refractivity contribution >= 4 is 27.5 Å². The monoisotopic (exact) mass is 309 g/mol. The number of aromatic nitrogens is 2. The number of aryl methyl sites for hydroxylation is 1. The molecular weight excluding hydrogens is 290 g/mol. The van der Waals surface area contributed by atoms with Crippen molar-refractivity contribution in [3.8, 4) is 0 Å². The van der Waals surface area contributed by atoms with Gasteiger partial charge in [-0.2, -0.15) is 0 Å². The van der Waals surface area contributed by atoms with E-state index in [0.29, 0.717) is 27.2 Å². The van der Waals surface area contributed by atoms with Crippen LogP contribution in [0, 0.1) is 12.8 Å². The summed E-state index contributed by atoms with van der Waals surface area (Å²) in [5.74, 6) is 0.0716. The van der Waals surface area contributed by atoms with Crippen LogP contribution in [0.4, 0.5) is 0 Å². The Morgan fingerprint density at radius 3 is 3.00 bits per heavy atom. The zero-order chi connectivity index (χ0) is 15.4. The van der Waals surface area contributed by atoms with Crippen LogP contribution in [0.2, 0.25) is 0 Å². The number of carbonyl (C=O) groups is 1. The van der Waals surface area contributed by atoms with Gasteiger partial charge in [0.15, 0.2) is 0 Å². The summed E-state index contributed by atoms with van der Waals surface area (Å²) >= 11 is 1.23. The van der Waals surface area contributed by atoms with Gasteiger partial charge in [0.1, 0.15) is 4.83 Å². The minimum Gasteiger partial charge on any atom is -0.396 e. The van der Waals surface area contributed by atoms with Crippen LogP contribution in [0.3, 0.4) is 0 Å². The van der Waals surface area contributed by atoms with Crippen molar-refractivity contribution in [2.24, 2.45) is 5.92 Å². The number of fused-ring (bicyclic) bond motifs is 1. The van der Waals surface area contributed by atoms with E-state index in [9.17, 15) is 9.59 Å². The molecule has 0 spiro atoms. The topological polar surface area (TPSA) is 95.1 Å². The van der Waals surface area contributed by atoms with Crippen LogP contribution in [0.15, 0.2) is 11.1 Å². The molecule has 0 radical (unpaired) electrons. The Kier molecular flexibility index (Phi) is 5.08. The highest BCUT2D eigenvalue weighted by Crippen LogP contribution is 2.26. The Morgan fingerprint density at radius 1 is 1.57 bits per heavy atom. The maximum Gasteiger partial charge on any atom is 0.261 e. The highest BCUT2D eigenvalue weighted by molar-refractivity contribution is 7.20. The third-order valence-corrected chi connectivity index (χ3v) is 4.61. The molecule has 7 heteroatoms. The lowest BCUT2D eigenvalue weighted by atomic mass is 10.1. The normalized spacial score (nSPS) is 12.5. The molecule has 1 atom stereocenters. The van der Waals surface area contributed by atoms with E-state index >= 15 is 0 Å². The Bertz CT molecular complexity index is 692. The molecule has 1 amide bonds. The average Bonchev–Trinajstić information content (AvgIpc) is 2.81. The Labute approximate surface area is 126 Å². The first-order valence-corrected chi connectivity index (χ1v) is 7.72. The van der Waals surface area contributed by atoms with Crippen LogP contribution in [0.25, 0.3) is 10.2 Å². The number of rotatable bonds is 6. The van der Waals surface area contributed by atoms with Crippen LogP contribution >= 0.6 is 11.3 Å². The maximum absolute atomic E-state index is 12.2. The summed E-state index contributed by atoms with van der Waals surface area (Å²) in [6, 6.07) is 0. The molecule has 21 heavy (non-hydrogen) atoms. The van der Waals surface area contributed by atoms with Gasteiger partial charge < -0.3 is 15.4 Å². The number of H-pyrrole nitrogens is 1. The fourth-order valence-corrected chi connectivity index (χ4v) is 3.19. The van der Waals surface area contributed by atoms with Gasteiger partial charge >= 0.3 is 0 Å². The van der Waals surface area contributed by atoms with Gasteiger partial charge in [-0.15, -0.1) is 11.3 Å². The molecule has 0 aliphatic heterocycles. The van der Waals surface area contributed by atoms with Gasteiger partial charge in [-0.3, -0.25) is 9.59 Å². The van der Waals surface area contributed by atoms with Gasteiger partial charge in [-0.05, 0) is 31.2 Å². The first-order chi connectivity index (χ1) is 10.0. The summed E-state index contributed by atoms with van der Waals surface area (Å²) in [5.41, 5.74) is 0.454. The van der Waals surface area contributed by atoms with Crippen molar-refractivity contribution in [1.29, 1.82) is 0 Å². The predicted octanol–water partition coefficient (Wildman–Crippen LogP) is 1.43. The minimum absolute atomic E-state index is 0.164. The predicted molar refractivity (Wildman–Crippen MR) is 82.8 cm³/mol. The number of nitrogens with zero attached hydrogens (tertiary/aromatic N) is 1. The molecule has 6 nitrogen and oxygen atoms in total. The van der Waals surface area contributed by atoms with E-state index in [2.05, 4.69) is 15.3 Å². The third-order valence-electron chi connectivity index (χ3n) is 3.41. The summed E-state index contributed by atoms with van der Waals surface area (Å²) in [6.45, 7) is 4.45. The second-order valence-corrected chi connectivity index (χ2v) is 6.15. The highest BCUT2D eigenvalue weighted by Gasteiger charge is 2.17. The van der Waals surface area contributed by atoms with E-state index in [1.807, 2.05) is 6.92 Å². The molecule has 2 aromatic rings. The van der Waals surface area contributed by atoms with E-state index in [-0.39, 0.29) is 24.0 Å². The number of aliphatic hydroxyl groups excluding tert-OH is 1. The lowest BCUT2D eigenvalue weighted by molar-refractivity contribution is 0.0955. The quantitative estimate of drug-likeness (QED) is 0.704. The molecule has 0 saturated heterocycles. The lowest BCUT2D eigenvalue weighted by Crippen LogP contribution is -2.24. The lowest BCUT2D eigenvalue weighted by Gasteiger charge is -2.08. The number of aliphatic hydroxyl groups is 1.